The second-order valence-electron chi connectivity index (χ2n) is 2.25. The summed E-state index contributed by atoms with van der Waals surface area (Å²) < 4.78 is 30.4. The van der Waals surface area contributed by atoms with E-state index in [1.165, 1.54) is 0 Å². The Bertz CT molecular complexity index is 291. The summed E-state index contributed by atoms with van der Waals surface area (Å²) in [6.45, 7) is 1.60. The van der Waals surface area contributed by atoms with Crippen LogP contribution in [0.5, 0.6) is 0 Å². The zero-order chi connectivity index (χ0) is 11.9. The summed E-state index contributed by atoms with van der Waals surface area (Å²) >= 11 is 10.3. The highest BCUT2D eigenvalue weighted by atomic mass is 35.5. The van der Waals surface area contributed by atoms with Crippen molar-refractivity contribution in [3.8, 4) is 0 Å². The highest BCUT2D eigenvalue weighted by Crippen LogP contribution is 2.43. The van der Waals surface area contributed by atoms with Crippen molar-refractivity contribution in [3.63, 3.8) is 0 Å². The maximum absolute atomic E-state index is 11.0. The molecule has 0 spiro atoms. The van der Waals surface area contributed by atoms with Crippen LogP contribution in [0.1, 0.15) is 6.92 Å². The second kappa shape index (κ2) is 7.65. The number of phosphoric acid groups is 1. The fourth-order valence-corrected chi connectivity index (χ4v) is 2.04. The molecule has 0 fully saturated rings. The van der Waals surface area contributed by atoms with Gasteiger partial charge in [0.05, 0.1) is 6.61 Å². The summed E-state index contributed by atoms with van der Waals surface area (Å²) in [5.74, 6) is 0.635. The Morgan fingerprint density at radius 1 is 1.60 bits per heavy atom. The predicted octanol–water partition coefficient (Wildman–Crippen LogP) is 2.17. The normalized spacial score (nSPS) is 16.5. The third-order valence-electron chi connectivity index (χ3n) is 1.16. The van der Waals surface area contributed by atoms with Crippen LogP contribution in [0.15, 0.2) is 10.8 Å². The Balaban J connectivity index is 3.89. The molecule has 90 valence electrons. The molecule has 0 rings (SSSR count). The van der Waals surface area contributed by atoms with Crippen LogP contribution in [-0.4, -0.2) is 27.2 Å². The fraction of sp³-hybridized carbons (Fsp3) is 0.667. The first kappa shape index (κ1) is 15.4. The third kappa shape index (κ3) is 9.35. The smallest absolute Gasteiger partial charge is 0.410 e. The Morgan fingerprint density at radius 2 is 2.20 bits per heavy atom. The van der Waals surface area contributed by atoms with Crippen LogP contribution in [0.2, 0.25) is 0 Å². The SMILES string of the molecule is CCS(=O)CCOP(=O)(O)OC=C(Cl)Cl. The standard InChI is InChI=1S/C6H11Cl2O5PS/c1-2-15(11)4-3-12-14(9,10)13-5-6(7)8/h5H,2-4H2,1H3,(H,9,10). The number of rotatable bonds is 7. The number of hydrogen-bond acceptors (Lipinski definition) is 4. The highest BCUT2D eigenvalue weighted by Gasteiger charge is 2.20. The Hall–Kier alpha value is 0.420. The molecule has 9 heteroatoms. The van der Waals surface area contributed by atoms with Crippen molar-refractivity contribution in [1.82, 2.24) is 0 Å². The van der Waals surface area contributed by atoms with E-state index in [0.717, 1.165) is 0 Å². The van der Waals surface area contributed by atoms with Crippen molar-refractivity contribution < 1.29 is 22.7 Å². The van der Waals surface area contributed by atoms with Gasteiger partial charge in [-0.2, -0.15) is 0 Å². The van der Waals surface area contributed by atoms with Gasteiger partial charge >= 0.3 is 7.82 Å². The van der Waals surface area contributed by atoms with Crippen molar-refractivity contribution in [2.45, 2.75) is 6.92 Å². The summed E-state index contributed by atoms with van der Waals surface area (Å²) in [4.78, 5) is 9.00. The molecule has 0 aromatic rings. The molecule has 0 amide bonds. The first-order valence-electron chi connectivity index (χ1n) is 3.89. The number of hydrogen-bond donors (Lipinski definition) is 1. The average Bonchev–Trinajstić information content (AvgIpc) is 2.14. The minimum Gasteiger partial charge on any atom is -0.410 e. The van der Waals surface area contributed by atoms with Gasteiger partial charge in [0.2, 0.25) is 0 Å². The second-order valence-corrected chi connectivity index (χ2v) is 6.53. The average molecular weight is 297 g/mol. The first-order chi connectivity index (χ1) is 6.87. The van der Waals surface area contributed by atoms with E-state index in [1.807, 2.05) is 0 Å². The molecule has 1 N–H and O–H groups in total. The van der Waals surface area contributed by atoms with Gasteiger partial charge in [0, 0.05) is 22.3 Å². The molecule has 0 aromatic carbocycles. The van der Waals surface area contributed by atoms with E-state index in [0.29, 0.717) is 12.0 Å². The Kier molecular flexibility index (Phi) is 7.87. The summed E-state index contributed by atoms with van der Waals surface area (Å²) in [5, 5.41) is 0. The minimum atomic E-state index is -4.19. The predicted molar refractivity (Wildman–Crippen MR) is 60.2 cm³/mol. The van der Waals surface area contributed by atoms with Gasteiger partial charge in [0.15, 0.2) is 0 Å². The summed E-state index contributed by atoms with van der Waals surface area (Å²) in [6.07, 6.45) is 0.695. The first-order valence-corrected chi connectivity index (χ1v) is 7.63. The fourth-order valence-electron chi connectivity index (χ4n) is 0.527. The lowest BCUT2D eigenvalue weighted by Gasteiger charge is -2.09. The lowest BCUT2D eigenvalue weighted by molar-refractivity contribution is 0.197. The van der Waals surface area contributed by atoms with Gasteiger partial charge in [-0.25, -0.2) is 4.57 Å². The largest absolute Gasteiger partial charge is 0.526 e. The summed E-state index contributed by atoms with van der Waals surface area (Å²) in [5.41, 5.74) is 0. The van der Waals surface area contributed by atoms with Crippen molar-refractivity contribution in [3.05, 3.63) is 10.8 Å². The van der Waals surface area contributed by atoms with Crippen molar-refractivity contribution in [1.29, 1.82) is 0 Å². The molecule has 0 radical (unpaired) electrons. The van der Waals surface area contributed by atoms with E-state index in [4.69, 9.17) is 28.1 Å². The van der Waals surface area contributed by atoms with E-state index in [1.54, 1.807) is 6.92 Å². The molecule has 0 aliphatic carbocycles. The van der Waals surface area contributed by atoms with Crippen LogP contribution in [0.4, 0.5) is 0 Å². The molecule has 0 saturated carbocycles. The monoisotopic (exact) mass is 296 g/mol. The molecular weight excluding hydrogens is 286 g/mol. The molecule has 0 aliphatic rings. The molecule has 0 aromatic heterocycles. The molecule has 0 bridgehead atoms. The van der Waals surface area contributed by atoms with Gasteiger partial charge in [-0.1, -0.05) is 30.1 Å². The van der Waals surface area contributed by atoms with Gasteiger partial charge in [-0.3, -0.25) is 13.6 Å². The molecule has 0 aliphatic heterocycles. The maximum atomic E-state index is 11.0. The minimum absolute atomic E-state index is 0.137. The van der Waals surface area contributed by atoms with Crippen molar-refractivity contribution >= 4 is 41.8 Å². The number of halogens is 2. The molecule has 0 saturated heterocycles. The van der Waals surface area contributed by atoms with Crippen LogP contribution >= 0.6 is 31.0 Å². The molecule has 2 unspecified atom stereocenters. The van der Waals surface area contributed by atoms with E-state index in [9.17, 15) is 8.77 Å². The van der Waals surface area contributed by atoms with E-state index in [2.05, 4.69) is 9.05 Å². The van der Waals surface area contributed by atoms with Crippen molar-refractivity contribution in [2.75, 3.05) is 18.1 Å². The van der Waals surface area contributed by atoms with Crippen LogP contribution in [-0.2, 0) is 24.4 Å². The van der Waals surface area contributed by atoms with Crippen LogP contribution in [0.3, 0.4) is 0 Å². The van der Waals surface area contributed by atoms with Crippen LogP contribution in [0, 0.1) is 0 Å². The van der Waals surface area contributed by atoms with E-state index < -0.39 is 18.6 Å². The quantitative estimate of drug-likeness (QED) is 0.576. The Morgan fingerprint density at radius 3 is 2.67 bits per heavy atom. The van der Waals surface area contributed by atoms with Gasteiger partial charge in [-0.05, 0) is 0 Å². The maximum Gasteiger partial charge on any atom is 0.526 e. The van der Waals surface area contributed by atoms with Gasteiger partial charge in [0.25, 0.3) is 0 Å². The van der Waals surface area contributed by atoms with Crippen LogP contribution in [0.25, 0.3) is 0 Å². The summed E-state index contributed by atoms with van der Waals surface area (Å²) in [6, 6.07) is 0. The van der Waals surface area contributed by atoms with Crippen LogP contribution < -0.4 is 0 Å². The zero-order valence-corrected chi connectivity index (χ0v) is 11.1. The van der Waals surface area contributed by atoms with Gasteiger partial charge in [0.1, 0.15) is 10.8 Å². The zero-order valence-electron chi connectivity index (χ0n) is 7.89. The molecule has 15 heavy (non-hydrogen) atoms. The van der Waals surface area contributed by atoms with Gasteiger partial charge in [-0.15, -0.1) is 0 Å². The molecular formula is C6H11Cl2O5PS. The topological polar surface area (TPSA) is 72.8 Å². The lowest BCUT2D eigenvalue weighted by atomic mass is 10.9. The number of phosphoric ester groups is 1. The molecule has 2 atom stereocenters. The van der Waals surface area contributed by atoms with E-state index >= 15 is 0 Å². The molecule has 5 nitrogen and oxygen atoms in total. The lowest BCUT2D eigenvalue weighted by Crippen LogP contribution is -2.06. The summed E-state index contributed by atoms with van der Waals surface area (Å²) in [7, 11) is -5.25. The molecule has 0 heterocycles. The highest BCUT2D eigenvalue weighted by molar-refractivity contribution is 7.84. The van der Waals surface area contributed by atoms with E-state index in [-0.39, 0.29) is 16.9 Å². The van der Waals surface area contributed by atoms with Gasteiger partial charge < -0.3 is 4.52 Å². The Labute approximate surface area is 100 Å². The van der Waals surface area contributed by atoms with Crippen molar-refractivity contribution in [2.24, 2.45) is 0 Å². The third-order valence-corrected chi connectivity index (χ3v) is 3.49.